The summed E-state index contributed by atoms with van der Waals surface area (Å²) in [6.07, 6.45) is 0. The first kappa shape index (κ1) is 10.2. The van der Waals surface area contributed by atoms with E-state index in [-0.39, 0.29) is 16.4 Å². The summed E-state index contributed by atoms with van der Waals surface area (Å²) in [5, 5.41) is 3.75. The van der Waals surface area contributed by atoms with E-state index in [4.69, 9.17) is 0 Å². The minimum Gasteiger partial charge on any atom is -0.464 e. The van der Waals surface area contributed by atoms with Gasteiger partial charge in [-0.2, -0.15) is 4.68 Å². The Morgan fingerprint density at radius 3 is 2.71 bits per heavy atom. The molecule has 0 spiro atoms. The Morgan fingerprint density at radius 2 is 2.21 bits per heavy atom. The van der Waals surface area contributed by atoms with E-state index in [0.717, 1.165) is 0 Å². The van der Waals surface area contributed by atoms with Crippen molar-refractivity contribution in [3.63, 3.8) is 0 Å². The summed E-state index contributed by atoms with van der Waals surface area (Å²) in [6, 6.07) is 1.28. The molecule has 0 aliphatic rings. The van der Waals surface area contributed by atoms with Crippen LogP contribution in [0.4, 0.5) is 5.82 Å². The number of aryl methyl sites for hydroxylation is 1. The van der Waals surface area contributed by atoms with Gasteiger partial charge in [-0.05, 0) is 4.91 Å². The normalized spacial score (nSPS) is 9.64. The Hall–Kier alpha value is -1.92. The number of hydrogen-bond donors (Lipinski definition) is 0. The van der Waals surface area contributed by atoms with E-state index >= 15 is 0 Å². The maximum Gasteiger partial charge on any atom is 0.434 e. The lowest BCUT2D eigenvalue weighted by Gasteiger charge is -1.93. The second-order valence-corrected chi connectivity index (χ2v) is 2.44. The third-order valence-corrected chi connectivity index (χ3v) is 1.61. The Kier molecular flexibility index (Phi) is 2.80. The van der Waals surface area contributed by atoms with Gasteiger partial charge in [0.15, 0.2) is 10.6 Å². The lowest BCUT2D eigenvalue weighted by Crippen LogP contribution is -2.07. The van der Waals surface area contributed by atoms with E-state index < -0.39 is 5.97 Å². The number of carbonyl (C=O) groups is 1. The Balaban J connectivity index is 3.05. The molecule has 0 aliphatic carbocycles. The maximum atomic E-state index is 11.1. The van der Waals surface area contributed by atoms with Gasteiger partial charge < -0.3 is 9.57 Å². The summed E-state index contributed by atoms with van der Waals surface area (Å²) in [6.45, 7) is 0. The molecule has 0 atom stereocenters. The molecule has 1 aromatic heterocycles. The van der Waals surface area contributed by atoms with Crippen molar-refractivity contribution in [3.05, 3.63) is 16.7 Å². The summed E-state index contributed by atoms with van der Waals surface area (Å²) in [5.41, 5.74) is 0.181. The molecule has 76 valence electrons. The van der Waals surface area contributed by atoms with Gasteiger partial charge >= 0.3 is 11.8 Å². The summed E-state index contributed by atoms with van der Waals surface area (Å²) in [7, 11) is 3.99. The van der Waals surface area contributed by atoms with Crippen LogP contribution in [-0.4, -0.2) is 34.9 Å². The number of esters is 1. The van der Waals surface area contributed by atoms with Gasteiger partial charge in [0, 0.05) is 0 Å². The molecule has 0 unspecified atom stereocenters. The van der Waals surface area contributed by atoms with Crippen LogP contribution < -0.4 is 0 Å². The van der Waals surface area contributed by atoms with E-state index in [2.05, 4.69) is 14.7 Å². The van der Waals surface area contributed by atoms with Crippen molar-refractivity contribution in [2.24, 2.45) is 7.05 Å². The van der Waals surface area contributed by atoms with Crippen LogP contribution in [0.5, 0.6) is 0 Å². The molecule has 14 heavy (non-hydrogen) atoms. The molecule has 1 rings (SSSR count). The molecule has 1 aromatic rings. The monoisotopic (exact) mass is 200 g/mol. The zero-order chi connectivity index (χ0) is 10.7. The van der Waals surface area contributed by atoms with Crippen LogP contribution >= 0.6 is 0 Å². The predicted octanol–water partition coefficient (Wildman–Crippen LogP) is 0.178. The number of rotatable bonds is 3. The Bertz CT molecular complexity index is 371. The smallest absolute Gasteiger partial charge is 0.434 e. The zero-order valence-corrected chi connectivity index (χ0v) is 8.05. The van der Waals surface area contributed by atoms with E-state index in [1.807, 2.05) is 0 Å². The van der Waals surface area contributed by atoms with Crippen molar-refractivity contribution < 1.29 is 19.3 Å². The van der Waals surface area contributed by atoms with E-state index in [0.29, 0.717) is 0 Å². The van der Waals surface area contributed by atoms with Crippen LogP contribution in [0.1, 0.15) is 10.5 Å². The number of carbonyl (C=O) groups excluding carboxylic acids is 1. The molecule has 0 aliphatic heterocycles. The highest BCUT2D eigenvalue weighted by molar-refractivity contribution is 5.87. The number of hydrogen-bond acceptors (Lipinski definition) is 5. The van der Waals surface area contributed by atoms with Gasteiger partial charge in [0.1, 0.15) is 7.11 Å². The van der Waals surface area contributed by atoms with Crippen molar-refractivity contribution in [2.45, 2.75) is 0 Å². The second-order valence-electron chi connectivity index (χ2n) is 2.44. The molecule has 0 radical (unpaired) electrons. The Labute approximate surface area is 79.7 Å². The van der Waals surface area contributed by atoms with Gasteiger partial charge in [-0.1, -0.05) is 0 Å². The molecule has 0 N–H and O–H groups in total. The lowest BCUT2D eigenvalue weighted by atomic mass is 10.4. The first-order valence-corrected chi connectivity index (χ1v) is 3.74. The summed E-state index contributed by atoms with van der Waals surface area (Å²) < 4.78 is 5.72. The van der Waals surface area contributed by atoms with Crippen LogP contribution in [0, 0.1) is 4.91 Å². The molecule has 7 nitrogen and oxygen atoms in total. The highest BCUT2D eigenvalue weighted by Crippen LogP contribution is 2.11. The fraction of sp³-hybridized carbons (Fsp3) is 0.429. The van der Waals surface area contributed by atoms with Crippen LogP contribution in [-0.2, 0) is 16.6 Å². The van der Waals surface area contributed by atoms with Crippen molar-refractivity contribution in [3.8, 4) is 0 Å². The molecule has 0 amide bonds. The van der Waals surface area contributed by atoms with Gasteiger partial charge in [-0.25, -0.2) is 4.79 Å². The standard InChI is InChI=1S/C7H10N3O4/c1-9-5(7(11)13-2)4-6(8-9)10(12)14-3/h4H,1-3H3/q+1. The Morgan fingerprint density at radius 1 is 1.57 bits per heavy atom. The predicted molar refractivity (Wildman–Crippen MR) is 44.8 cm³/mol. The molecule has 0 bridgehead atoms. The molecule has 7 heteroatoms. The first-order chi connectivity index (χ1) is 6.60. The molecular weight excluding hydrogens is 190 g/mol. The second kappa shape index (κ2) is 3.86. The van der Waals surface area contributed by atoms with E-state index in [1.165, 1.54) is 32.0 Å². The number of nitrogens with zero attached hydrogens (tertiary/aromatic N) is 3. The molecule has 0 saturated carbocycles. The van der Waals surface area contributed by atoms with Crippen LogP contribution in [0.3, 0.4) is 0 Å². The van der Waals surface area contributed by atoms with Crippen molar-refractivity contribution in [1.29, 1.82) is 0 Å². The number of methoxy groups -OCH3 is 1. The highest BCUT2D eigenvalue weighted by Gasteiger charge is 2.25. The van der Waals surface area contributed by atoms with Gasteiger partial charge in [0.25, 0.3) is 0 Å². The minimum atomic E-state index is -0.559. The summed E-state index contributed by atoms with van der Waals surface area (Å²) >= 11 is 0. The van der Waals surface area contributed by atoms with Crippen molar-refractivity contribution in [1.82, 2.24) is 9.78 Å². The SMILES string of the molecule is COC(=O)c1cc([N+](=O)OC)nn1C. The largest absolute Gasteiger partial charge is 0.464 e. The third kappa shape index (κ3) is 1.70. The fourth-order valence-electron chi connectivity index (χ4n) is 0.930. The van der Waals surface area contributed by atoms with Crippen molar-refractivity contribution >= 4 is 11.8 Å². The zero-order valence-electron chi connectivity index (χ0n) is 8.05. The van der Waals surface area contributed by atoms with Gasteiger partial charge in [0.05, 0.1) is 25.3 Å². The van der Waals surface area contributed by atoms with Gasteiger partial charge in [-0.15, -0.1) is 0 Å². The highest BCUT2D eigenvalue weighted by atomic mass is 16.8. The average molecular weight is 200 g/mol. The topological polar surface area (TPSA) is 73.4 Å². The summed E-state index contributed by atoms with van der Waals surface area (Å²) in [5.74, 6) is -0.564. The van der Waals surface area contributed by atoms with Crippen LogP contribution in [0.25, 0.3) is 0 Å². The number of aromatic nitrogens is 2. The van der Waals surface area contributed by atoms with Crippen molar-refractivity contribution in [2.75, 3.05) is 14.2 Å². The lowest BCUT2D eigenvalue weighted by molar-refractivity contribution is -0.739. The average Bonchev–Trinajstić information content (AvgIpc) is 2.58. The molecule has 0 fully saturated rings. The fourth-order valence-corrected chi connectivity index (χ4v) is 0.930. The van der Waals surface area contributed by atoms with E-state index in [1.54, 1.807) is 0 Å². The third-order valence-electron chi connectivity index (χ3n) is 1.61. The molecule has 0 aromatic carbocycles. The first-order valence-electron chi connectivity index (χ1n) is 3.74. The number of ether oxygens (including phenoxy) is 1. The van der Waals surface area contributed by atoms with Crippen LogP contribution in [0.15, 0.2) is 6.07 Å². The molecular formula is C7H10N3O4+. The van der Waals surface area contributed by atoms with Gasteiger partial charge in [-0.3, -0.25) is 0 Å². The minimum absolute atomic E-state index is 0.00426. The van der Waals surface area contributed by atoms with E-state index in [9.17, 15) is 9.70 Å². The quantitative estimate of drug-likeness (QED) is 0.514. The molecule has 1 heterocycles. The van der Waals surface area contributed by atoms with Crippen LogP contribution in [0.2, 0.25) is 0 Å². The summed E-state index contributed by atoms with van der Waals surface area (Å²) in [4.78, 5) is 26.6. The maximum absolute atomic E-state index is 11.1. The molecule has 0 saturated heterocycles. The van der Waals surface area contributed by atoms with Gasteiger partial charge in [0.2, 0.25) is 0 Å².